The standard InChI is InChI=1S/C21H13Cl3N6O3/c22-21(23,24)18(31)29-16-6-5-14-15(12-1-3-13(4-2-12)30(32)33)7-19(8-25,9-26)20(10-27,11-28)17(14)16/h1-4,16-17H,5-7H2,(H,29,31)/t16-,17+/m1/s1. The first-order valence-corrected chi connectivity index (χ1v) is 10.6. The highest BCUT2D eigenvalue weighted by molar-refractivity contribution is 6.76. The molecule has 0 radical (unpaired) electrons. The minimum absolute atomic E-state index is 0.147. The molecule has 2 aliphatic rings. The average Bonchev–Trinajstić information content (AvgIpc) is 3.21. The van der Waals surface area contributed by atoms with Crippen LogP contribution in [0.4, 0.5) is 5.69 Å². The Morgan fingerprint density at radius 3 is 2.12 bits per heavy atom. The molecule has 1 amide bonds. The molecule has 0 heterocycles. The van der Waals surface area contributed by atoms with Gasteiger partial charge in [0.15, 0.2) is 10.8 Å². The zero-order chi connectivity index (χ0) is 24.6. The number of nitro benzene ring substituents is 1. The van der Waals surface area contributed by atoms with Crippen LogP contribution in [0.3, 0.4) is 0 Å². The van der Waals surface area contributed by atoms with Gasteiger partial charge in [0, 0.05) is 30.5 Å². The van der Waals surface area contributed by atoms with Crippen molar-refractivity contribution in [3.63, 3.8) is 0 Å². The minimum atomic E-state index is -2.30. The Bertz CT molecular complexity index is 1200. The second-order valence-electron chi connectivity index (χ2n) is 7.74. The summed E-state index contributed by atoms with van der Waals surface area (Å²) < 4.78 is -2.30. The van der Waals surface area contributed by atoms with Gasteiger partial charge < -0.3 is 5.32 Å². The molecule has 2 aliphatic carbocycles. The molecule has 3 rings (SSSR count). The van der Waals surface area contributed by atoms with Crippen LogP contribution in [0.1, 0.15) is 24.8 Å². The molecule has 1 fully saturated rings. The maximum absolute atomic E-state index is 12.4. The Kier molecular flexibility index (Phi) is 6.29. The zero-order valence-corrected chi connectivity index (χ0v) is 18.9. The SMILES string of the molecule is N#CC1(C#N)CC(c2ccc([N+](=O)[O-])cc2)=C2CC[C@@H](NC(=O)C(Cl)(Cl)Cl)[C@H]2C1(C#N)C#N. The van der Waals surface area contributed by atoms with Gasteiger partial charge in [-0.05, 0) is 36.1 Å². The number of nitro groups is 1. The van der Waals surface area contributed by atoms with E-state index in [1.807, 2.05) is 24.3 Å². The number of carbonyl (C=O) groups is 1. The number of hydrogen-bond donors (Lipinski definition) is 1. The number of non-ortho nitro benzene ring substituents is 1. The molecule has 0 spiro atoms. The largest absolute Gasteiger partial charge is 0.349 e. The van der Waals surface area contributed by atoms with Gasteiger partial charge in [-0.25, -0.2) is 0 Å². The lowest BCUT2D eigenvalue weighted by molar-refractivity contribution is -0.384. The Morgan fingerprint density at radius 2 is 1.67 bits per heavy atom. The van der Waals surface area contributed by atoms with E-state index in [1.165, 1.54) is 24.3 Å². The molecule has 0 bridgehead atoms. The van der Waals surface area contributed by atoms with Crippen LogP contribution in [0.25, 0.3) is 5.57 Å². The molecule has 12 heteroatoms. The Labute approximate surface area is 203 Å². The number of amides is 1. The van der Waals surface area contributed by atoms with Crippen molar-refractivity contribution >= 4 is 52.0 Å². The summed E-state index contributed by atoms with van der Waals surface area (Å²) in [5, 5.41) is 53.7. The Hall–Kier alpha value is -3.34. The molecular formula is C21H13Cl3N6O3. The van der Waals surface area contributed by atoms with Gasteiger partial charge in [-0.1, -0.05) is 40.4 Å². The van der Waals surface area contributed by atoms with Gasteiger partial charge in [-0.3, -0.25) is 14.9 Å². The third-order valence-electron chi connectivity index (χ3n) is 6.21. The van der Waals surface area contributed by atoms with E-state index in [0.717, 1.165) is 0 Å². The molecule has 1 aromatic carbocycles. The van der Waals surface area contributed by atoms with Gasteiger partial charge in [0.2, 0.25) is 0 Å². The normalized spacial score (nSPS) is 22.6. The fraction of sp³-hybridized carbons (Fsp3) is 0.381. The van der Waals surface area contributed by atoms with E-state index in [9.17, 15) is 36.0 Å². The van der Waals surface area contributed by atoms with Gasteiger partial charge >= 0.3 is 0 Å². The van der Waals surface area contributed by atoms with Crippen molar-refractivity contribution in [3.8, 4) is 24.3 Å². The van der Waals surface area contributed by atoms with Crippen LogP contribution in [0.15, 0.2) is 29.8 Å². The van der Waals surface area contributed by atoms with Crippen LogP contribution in [0.5, 0.6) is 0 Å². The van der Waals surface area contributed by atoms with E-state index in [1.54, 1.807) is 0 Å². The second kappa shape index (κ2) is 8.54. The lowest BCUT2D eigenvalue weighted by Gasteiger charge is -2.44. The van der Waals surface area contributed by atoms with E-state index in [2.05, 4.69) is 5.32 Å². The number of carbonyl (C=O) groups excluding carboxylic acids is 1. The van der Waals surface area contributed by atoms with Crippen LogP contribution in [-0.4, -0.2) is 20.7 Å². The van der Waals surface area contributed by atoms with Crippen molar-refractivity contribution in [1.29, 1.82) is 21.0 Å². The molecule has 0 saturated heterocycles. The summed E-state index contributed by atoms with van der Waals surface area (Å²) in [7, 11) is 0. The number of benzene rings is 1. The van der Waals surface area contributed by atoms with Gasteiger partial charge in [-0.2, -0.15) is 21.0 Å². The lowest BCUT2D eigenvalue weighted by Crippen LogP contribution is -2.54. The fourth-order valence-electron chi connectivity index (χ4n) is 4.67. The molecular weight excluding hydrogens is 491 g/mol. The van der Waals surface area contributed by atoms with Crippen molar-refractivity contribution in [2.24, 2.45) is 16.7 Å². The van der Waals surface area contributed by atoms with Crippen molar-refractivity contribution < 1.29 is 9.72 Å². The smallest absolute Gasteiger partial charge is 0.272 e. The minimum Gasteiger partial charge on any atom is -0.349 e. The summed E-state index contributed by atoms with van der Waals surface area (Å²) in [5.41, 5.74) is -2.71. The van der Waals surface area contributed by atoms with Crippen molar-refractivity contribution in [3.05, 3.63) is 45.5 Å². The summed E-state index contributed by atoms with van der Waals surface area (Å²) in [5.74, 6) is -2.01. The second-order valence-corrected chi connectivity index (χ2v) is 10.0. The van der Waals surface area contributed by atoms with E-state index in [-0.39, 0.29) is 18.5 Å². The van der Waals surface area contributed by atoms with Crippen LogP contribution in [-0.2, 0) is 4.79 Å². The number of fused-ring (bicyclic) bond motifs is 1. The summed E-state index contributed by atoms with van der Waals surface area (Å²) in [6.07, 6.45) is 0.358. The maximum atomic E-state index is 12.4. The van der Waals surface area contributed by atoms with E-state index in [0.29, 0.717) is 23.1 Å². The number of alkyl halides is 3. The third kappa shape index (κ3) is 3.75. The van der Waals surface area contributed by atoms with E-state index < -0.39 is 37.4 Å². The maximum Gasteiger partial charge on any atom is 0.272 e. The summed E-state index contributed by atoms with van der Waals surface area (Å²) in [4.78, 5) is 22.8. The molecule has 1 N–H and O–H groups in total. The zero-order valence-electron chi connectivity index (χ0n) is 16.7. The lowest BCUT2D eigenvalue weighted by atomic mass is 9.51. The predicted octanol–water partition coefficient (Wildman–Crippen LogP) is 4.08. The van der Waals surface area contributed by atoms with Gasteiger partial charge in [0.05, 0.1) is 29.2 Å². The summed E-state index contributed by atoms with van der Waals surface area (Å²) in [6.45, 7) is 0. The topological polar surface area (TPSA) is 167 Å². The molecule has 0 unspecified atom stereocenters. The highest BCUT2D eigenvalue weighted by Crippen LogP contribution is 2.61. The monoisotopic (exact) mass is 502 g/mol. The number of nitrogens with one attached hydrogen (secondary N) is 1. The van der Waals surface area contributed by atoms with Crippen LogP contribution in [0, 0.1) is 72.2 Å². The van der Waals surface area contributed by atoms with Crippen LogP contribution >= 0.6 is 34.8 Å². The first-order chi connectivity index (χ1) is 15.5. The average molecular weight is 504 g/mol. The summed E-state index contributed by atoms with van der Waals surface area (Å²) in [6, 6.07) is 12.2. The van der Waals surface area contributed by atoms with Gasteiger partial charge in [0.25, 0.3) is 15.4 Å². The Balaban J connectivity index is 2.25. The number of nitrogens with zero attached hydrogens (tertiary/aromatic N) is 5. The first-order valence-electron chi connectivity index (χ1n) is 9.49. The highest BCUT2D eigenvalue weighted by Gasteiger charge is 2.66. The molecule has 1 aromatic rings. The van der Waals surface area contributed by atoms with Crippen molar-refractivity contribution in [2.75, 3.05) is 0 Å². The fourth-order valence-corrected chi connectivity index (χ4v) is 4.84. The number of rotatable bonds is 3. The summed E-state index contributed by atoms with van der Waals surface area (Å²) >= 11 is 17.0. The van der Waals surface area contributed by atoms with E-state index in [4.69, 9.17) is 34.8 Å². The van der Waals surface area contributed by atoms with Gasteiger partial charge in [0.1, 0.15) is 0 Å². The van der Waals surface area contributed by atoms with Crippen LogP contribution < -0.4 is 5.32 Å². The highest BCUT2D eigenvalue weighted by atomic mass is 35.6. The van der Waals surface area contributed by atoms with E-state index >= 15 is 0 Å². The third-order valence-corrected chi connectivity index (χ3v) is 6.72. The quantitative estimate of drug-likeness (QED) is 0.368. The van der Waals surface area contributed by atoms with Gasteiger partial charge in [-0.15, -0.1) is 0 Å². The molecule has 2 atom stereocenters. The first kappa shape index (κ1) is 24.3. The molecule has 166 valence electrons. The van der Waals surface area contributed by atoms with Crippen LogP contribution in [0.2, 0.25) is 0 Å². The number of allylic oxidation sites excluding steroid dienone is 1. The number of nitriles is 4. The molecule has 0 aliphatic heterocycles. The molecule has 0 aromatic heterocycles. The Morgan fingerprint density at radius 1 is 1.09 bits per heavy atom. The number of halogens is 3. The molecule has 9 nitrogen and oxygen atoms in total. The molecule has 33 heavy (non-hydrogen) atoms. The van der Waals surface area contributed by atoms with Crippen molar-refractivity contribution in [1.82, 2.24) is 5.32 Å². The van der Waals surface area contributed by atoms with Crippen molar-refractivity contribution in [2.45, 2.75) is 29.1 Å². The number of hydrogen-bond acceptors (Lipinski definition) is 7. The molecule has 1 saturated carbocycles. The predicted molar refractivity (Wildman–Crippen MR) is 117 cm³/mol.